The third-order valence-electron chi connectivity index (χ3n) is 1.86. The van der Waals surface area contributed by atoms with Crippen molar-refractivity contribution in [1.29, 1.82) is 5.41 Å². The van der Waals surface area contributed by atoms with Crippen molar-refractivity contribution in [1.82, 2.24) is 0 Å². The topological polar surface area (TPSA) is 23.9 Å². The van der Waals surface area contributed by atoms with Crippen molar-refractivity contribution in [3.8, 4) is 0 Å². The summed E-state index contributed by atoms with van der Waals surface area (Å²) < 4.78 is 0. The Hall–Kier alpha value is -0.590. The summed E-state index contributed by atoms with van der Waals surface area (Å²) in [5.41, 5.74) is 0.945. The molecule has 0 rings (SSSR count). The first kappa shape index (κ1) is 9.41. The first-order valence-electron chi connectivity index (χ1n) is 3.89. The van der Waals surface area contributed by atoms with Crippen molar-refractivity contribution in [2.45, 2.75) is 33.1 Å². The van der Waals surface area contributed by atoms with Crippen LogP contribution < -0.4 is 0 Å². The molecule has 10 heavy (non-hydrogen) atoms. The zero-order valence-electron chi connectivity index (χ0n) is 6.98. The van der Waals surface area contributed by atoms with E-state index in [1.165, 1.54) is 19.1 Å². The monoisotopic (exact) mass is 139 g/mol. The molecule has 0 saturated carbocycles. The van der Waals surface area contributed by atoms with Gasteiger partial charge in [-0.3, -0.25) is 0 Å². The first-order valence-corrected chi connectivity index (χ1v) is 3.89. The van der Waals surface area contributed by atoms with E-state index in [-0.39, 0.29) is 0 Å². The smallest absolute Gasteiger partial charge is 0.0203 e. The number of nitrogens with one attached hydrogen (secondary N) is 1. The second-order valence-corrected chi connectivity index (χ2v) is 2.85. The highest BCUT2D eigenvalue weighted by Crippen LogP contribution is 2.11. The molecule has 0 aliphatic carbocycles. The largest absolute Gasteiger partial charge is 0.308 e. The zero-order valence-corrected chi connectivity index (χ0v) is 6.98. The maximum absolute atomic E-state index is 6.89. The Kier molecular flexibility index (Phi) is 4.91. The molecular weight excluding hydrogens is 122 g/mol. The molecule has 1 atom stereocenters. The molecule has 0 aliphatic heterocycles. The number of allylic oxidation sites excluding steroid dienone is 1. The quantitative estimate of drug-likeness (QED) is 0.566. The summed E-state index contributed by atoms with van der Waals surface area (Å²) >= 11 is 0. The fourth-order valence-electron chi connectivity index (χ4n) is 0.708. The lowest BCUT2D eigenvalue weighted by Gasteiger charge is -2.06. The van der Waals surface area contributed by atoms with E-state index in [1.54, 1.807) is 0 Å². The van der Waals surface area contributed by atoms with E-state index in [1.807, 2.05) is 0 Å². The Balaban J connectivity index is 3.34. The predicted molar refractivity (Wildman–Crippen MR) is 46.6 cm³/mol. The number of hydrogen-bond acceptors (Lipinski definition) is 1. The summed E-state index contributed by atoms with van der Waals surface area (Å²) in [6.07, 6.45) is 4.73. The molecule has 1 N–H and O–H groups in total. The van der Waals surface area contributed by atoms with Gasteiger partial charge in [0.2, 0.25) is 0 Å². The molecule has 1 unspecified atom stereocenters. The molecule has 0 heterocycles. The lowest BCUT2D eigenvalue weighted by Crippen LogP contribution is -1.93. The molecule has 58 valence electrons. The third-order valence-corrected chi connectivity index (χ3v) is 1.86. The van der Waals surface area contributed by atoms with E-state index < -0.39 is 0 Å². The average Bonchev–Trinajstić information content (AvgIpc) is 1.99. The van der Waals surface area contributed by atoms with E-state index >= 15 is 0 Å². The summed E-state index contributed by atoms with van der Waals surface area (Å²) in [6, 6.07) is 0. The molecule has 0 amide bonds. The summed E-state index contributed by atoms with van der Waals surface area (Å²) in [5.74, 6) is 0.775. The molecule has 0 aromatic rings. The highest BCUT2D eigenvalue weighted by atomic mass is 14.3. The van der Waals surface area contributed by atoms with Gasteiger partial charge >= 0.3 is 0 Å². The Morgan fingerprint density at radius 2 is 2.30 bits per heavy atom. The van der Waals surface area contributed by atoms with Crippen LogP contribution in [-0.2, 0) is 0 Å². The lowest BCUT2D eigenvalue weighted by atomic mass is 10.0. The normalized spacial score (nSPS) is 12.6. The molecular formula is C9H17N. The van der Waals surface area contributed by atoms with Gasteiger partial charge < -0.3 is 5.41 Å². The van der Waals surface area contributed by atoms with E-state index in [0.29, 0.717) is 0 Å². The number of hydrogen-bond donors (Lipinski definition) is 1. The van der Waals surface area contributed by atoms with Crippen LogP contribution in [0.2, 0.25) is 0 Å². The molecule has 0 spiro atoms. The van der Waals surface area contributed by atoms with Gasteiger partial charge in [0.25, 0.3) is 0 Å². The summed E-state index contributed by atoms with van der Waals surface area (Å²) in [5, 5.41) is 6.89. The van der Waals surface area contributed by atoms with E-state index in [2.05, 4.69) is 20.4 Å². The summed E-state index contributed by atoms with van der Waals surface area (Å²) in [7, 11) is 0. The highest BCUT2D eigenvalue weighted by molar-refractivity contribution is 5.74. The van der Waals surface area contributed by atoms with Crippen molar-refractivity contribution in [3.05, 3.63) is 12.2 Å². The van der Waals surface area contributed by atoms with Crippen molar-refractivity contribution in [2.75, 3.05) is 0 Å². The van der Waals surface area contributed by atoms with Crippen molar-refractivity contribution >= 4 is 6.21 Å². The van der Waals surface area contributed by atoms with E-state index in [4.69, 9.17) is 5.41 Å². The van der Waals surface area contributed by atoms with Crippen molar-refractivity contribution in [3.63, 3.8) is 0 Å². The van der Waals surface area contributed by atoms with Gasteiger partial charge in [0, 0.05) is 6.21 Å². The van der Waals surface area contributed by atoms with Gasteiger partial charge in [-0.05, 0) is 24.3 Å². The molecule has 0 fully saturated rings. The lowest BCUT2D eigenvalue weighted by molar-refractivity contribution is 0.519. The van der Waals surface area contributed by atoms with Gasteiger partial charge in [-0.15, -0.1) is 0 Å². The maximum atomic E-state index is 6.89. The van der Waals surface area contributed by atoms with Crippen molar-refractivity contribution in [2.24, 2.45) is 5.92 Å². The molecule has 0 aliphatic rings. The van der Waals surface area contributed by atoms with E-state index in [9.17, 15) is 0 Å². The van der Waals surface area contributed by atoms with Crippen LogP contribution in [0.3, 0.4) is 0 Å². The van der Waals surface area contributed by atoms with Gasteiger partial charge in [0.1, 0.15) is 0 Å². The molecule has 1 nitrogen and oxygen atoms in total. The minimum Gasteiger partial charge on any atom is -0.308 e. The Morgan fingerprint density at radius 3 is 2.70 bits per heavy atom. The highest BCUT2D eigenvalue weighted by Gasteiger charge is 1.97. The maximum Gasteiger partial charge on any atom is 0.0203 e. The fraction of sp³-hybridized carbons (Fsp3) is 0.667. The van der Waals surface area contributed by atoms with Gasteiger partial charge in [0.05, 0.1) is 0 Å². The Labute approximate surface area is 63.7 Å². The SMILES string of the molecule is C=C(C=N)CCC(C)CC. The van der Waals surface area contributed by atoms with Crippen LogP contribution in [0, 0.1) is 11.3 Å². The minimum atomic E-state index is 0.775. The molecule has 0 aromatic heterocycles. The number of rotatable bonds is 5. The van der Waals surface area contributed by atoms with Crippen LogP contribution in [-0.4, -0.2) is 6.21 Å². The van der Waals surface area contributed by atoms with Crippen LogP contribution in [0.15, 0.2) is 12.2 Å². The van der Waals surface area contributed by atoms with Gasteiger partial charge in [-0.25, -0.2) is 0 Å². The third kappa shape index (κ3) is 4.30. The fourth-order valence-corrected chi connectivity index (χ4v) is 0.708. The Bertz CT molecular complexity index is 116. The molecule has 1 heteroatoms. The average molecular weight is 139 g/mol. The van der Waals surface area contributed by atoms with Crippen LogP contribution in [0.1, 0.15) is 33.1 Å². The zero-order chi connectivity index (χ0) is 7.98. The molecule has 0 aromatic carbocycles. The molecule has 0 saturated heterocycles. The summed E-state index contributed by atoms with van der Waals surface area (Å²) in [6.45, 7) is 8.16. The Morgan fingerprint density at radius 1 is 1.70 bits per heavy atom. The van der Waals surface area contributed by atoms with Gasteiger partial charge in [-0.2, -0.15) is 0 Å². The van der Waals surface area contributed by atoms with E-state index in [0.717, 1.165) is 17.9 Å². The van der Waals surface area contributed by atoms with Crippen LogP contribution >= 0.6 is 0 Å². The molecule has 0 bridgehead atoms. The second kappa shape index (κ2) is 5.21. The summed E-state index contributed by atoms with van der Waals surface area (Å²) in [4.78, 5) is 0. The minimum absolute atomic E-state index is 0.775. The predicted octanol–water partition coefficient (Wildman–Crippen LogP) is 3.02. The van der Waals surface area contributed by atoms with Crippen molar-refractivity contribution < 1.29 is 0 Å². The van der Waals surface area contributed by atoms with Crippen LogP contribution in [0.25, 0.3) is 0 Å². The van der Waals surface area contributed by atoms with Gasteiger partial charge in [-0.1, -0.05) is 26.8 Å². The second-order valence-electron chi connectivity index (χ2n) is 2.85. The van der Waals surface area contributed by atoms with Crippen LogP contribution in [0.5, 0.6) is 0 Å². The first-order chi connectivity index (χ1) is 4.70. The standard InChI is InChI=1S/C9H17N/c1-4-8(2)5-6-9(3)7-10/h7-8,10H,3-6H2,1-2H3. The van der Waals surface area contributed by atoms with Gasteiger partial charge in [0.15, 0.2) is 0 Å². The van der Waals surface area contributed by atoms with Crippen LogP contribution in [0.4, 0.5) is 0 Å². The molecule has 0 radical (unpaired) electrons.